The van der Waals surface area contributed by atoms with Gasteiger partial charge in [-0.1, -0.05) is 0 Å². The van der Waals surface area contributed by atoms with Gasteiger partial charge in [-0.15, -0.1) is 5.06 Å². The summed E-state index contributed by atoms with van der Waals surface area (Å²) in [6.45, 7) is 5.08. The monoisotopic (exact) mass is 340 g/mol. The van der Waals surface area contributed by atoms with Gasteiger partial charge in [-0.3, -0.25) is 0 Å². The highest BCUT2D eigenvalue weighted by Crippen LogP contribution is 2.33. The lowest BCUT2D eigenvalue weighted by Crippen LogP contribution is -2.36. The molecule has 1 saturated heterocycles. The highest BCUT2D eigenvalue weighted by atomic mass is 16.7. The fourth-order valence-electron chi connectivity index (χ4n) is 3.31. The number of fused-ring (bicyclic) bond motifs is 3. The number of rotatable bonds is 3. The fraction of sp³-hybridized carbons (Fsp3) is 0.412. The summed E-state index contributed by atoms with van der Waals surface area (Å²) in [5.41, 5.74) is 1.77. The van der Waals surface area contributed by atoms with Crippen LogP contribution in [0.15, 0.2) is 24.7 Å². The van der Waals surface area contributed by atoms with Crippen LogP contribution in [-0.4, -0.2) is 50.5 Å². The number of nitrogens with one attached hydrogen (secondary N) is 2. The quantitative estimate of drug-likeness (QED) is 0.760. The molecule has 0 radical (unpaired) electrons. The van der Waals surface area contributed by atoms with Crippen molar-refractivity contribution in [1.29, 1.82) is 0 Å². The van der Waals surface area contributed by atoms with E-state index in [1.807, 2.05) is 32.3 Å². The Hall–Kier alpha value is -2.74. The third kappa shape index (κ3) is 3.00. The van der Waals surface area contributed by atoms with E-state index >= 15 is 0 Å². The van der Waals surface area contributed by atoms with E-state index < -0.39 is 6.09 Å². The number of hydrogen-bond acceptors (Lipinski definition) is 6. The molecule has 0 bridgehead atoms. The molecule has 1 unspecified atom stereocenters. The number of amides is 1. The largest absolute Gasteiger partial charge is 0.426 e. The molecular formula is C17H20N6O2. The van der Waals surface area contributed by atoms with E-state index in [0.29, 0.717) is 13.1 Å². The summed E-state index contributed by atoms with van der Waals surface area (Å²) in [7, 11) is 0. The van der Waals surface area contributed by atoms with Crippen molar-refractivity contribution in [1.82, 2.24) is 30.5 Å². The molecule has 1 fully saturated rings. The first-order valence-electron chi connectivity index (χ1n) is 8.42. The van der Waals surface area contributed by atoms with E-state index in [0.717, 1.165) is 33.9 Å². The van der Waals surface area contributed by atoms with Crippen LogP contribution in [0, 0.1) is 0 Å². The summed E-state index contributed by atoms with van der Waals surface area (Å²) in [4.78, 5) is 24.7. The molecule has 130 valence electrons. The first-order chi connectivity index (χ1) is 12.1. The molecule has 4 heterocycles. The van der Waals surface area contributed by atoms with Gasteiger partial charge in [0.1, 0.15) is 5.65 Å². The van der Waals surface area contributed by atoms with Crippen LogP contribution in [0.25, 0.3) is 21.8 Å². The van der Waals surface area contributed by atoms with E-state index in [4.69, 9.17) is 4.84 Å². The lowest BCUT2D eigenvalue weighted by atomic mass is 9.98. The number of aromatic amines is 1. The summed E-state index contributed by atoms with van der Waals surface area (Å²) in [5, 5.41) is 16.0. The molecule has 0 aromatic carbocycles. The lowest BCUT2D eigenvalue weighted by Gasteiger charge is -2.17. The predicted octanol–water partition coefficient (Wildman–Crippen LogP) is 2.34. The van der Waals surface area contributed by atoms with E-state index in [2.05, 4.69) is 25.5 Å². The van der Waals surface area contributed by atoms with Crippen LogP contribution >= 0.6 is 0 Å². The van der Waals surface area contributed by atoms with E-state index in [-0.39, 0.29) is 12.0 Å². The molecule has 8 nitrogen and oxygen atoms in total. The van der Waals surface area contributed by atoms with Crippen molar-refractivity contribution in [2.24, 2.45) is 0 Å². The Morgan fingerprint density at radius 3 is 3.16 bits per heavy atom. The van der Waals surface area contributed by atoms with Gasteiger partial charge < -0.3 is 15.1 Å². The molecule has 1 atom stereocenters. The van der Waals surface area contributed by atoms with Crippen LogP contribution in [-0.2, 0) is 4.84 Å². The first kappa shape index (κ1) is 15.8. The van der Waals surface area contributed by atoms with Gasteiger partial charge in [0, 0.05) is 53.6 Å². The Bertz CT molecular complexity index is 922. The molecule has 25 heavy (non-hydrogen) atoms. The van der Waals surface area contributed by atoms with Crippen molar-refractivity contribution in [2.45, 2.75) is 32.2 Å². The molecule has 0 aliphatic carbocycles. The second-order valence-corrected chi connectivity index (χ2v) is 6.61. The van der Waals surface area contributed by atoms with Gasteiger partial charge >= 0.3 is 6.09 Å². The van der Waals surface area contributed by atoms with Gasteiger partial charge in [0.2, 0.25) is 0 Å². The second kappa shape index (κ2) is 6.29. The molecule has 2 N–H and O–H groups in total. The van der Waals surface area contributed by atoms with Crippen LogP contribution in [0.5, 0.6) is 0 Å². The van der Waals surface area contributed by atoms with Crippen molar-refractivity contribution in [3.05, 3.63) is 30.4 Å². The second-order valence-electron chi connectivity index (χ2n) is 6.61. The Labute approximate surface area is 144 Å². The fourth-order valence-corrected chi connectivity index (χ4v) is 3.31. The predicted molar refractivity (Wildman–Crippen MR) is 92.9 cm³/mol. The normalized spacial score (nSPS) is 18.3. The summed E-state index contributed by atoms with van der Waals surface area (Å²) < 4.78 is 0. The third-order valence-electron chi connectivity index (χ3n) is 4.39. The maximum Gasteiger partial charge on any atom is 0.426 e. The Morgan fingerprint density at radius 1 is 1.44 bits per heavy atom. The Morgan fingerprint density at radius 2 is 2.32 bits per heavy atom. The summed E-state index contributed by atoms with van der Waals surface area (Å²) in [6.07, 6.45) is 5.86. The zero-order chi connectivity index (χ0) is 17.4. The number of nitrogens with zero attached hydrogens (tertiary/aromatic N) is 4. The number of H-pyrrole nitrogens is 1. The summed E-state index contributed by atoms with van der Waals surface area (Å²) in [5.74, 6) is 0.156. The number of carbonyl (C=O) groups excluding carboxylic acids is 1. The van der Waals surface area contributed by atoms with Gasteiger partial charge in [0.25, 0.3) is 0 Å². The number of hydroxylamine groups is 2. The number of pyridine rings is 1. The van der Waals surface area contributed by atoms with Crippen LogP contribution in [0.2, 0.25) is 0 Å². The molecule has 1 amide bonds. The van der Waals surface area contributed by atoms with Crippen molar-refractivity contribution in [2.75, 3.05) is 13.1 Å². The molecule has 4 rings (SSSR count). The highest BCUT2D eigenvalue weighted by molar-refractivity contribution is 6.05. The molecule has 3 aromatic heterocycles. The summed E-state index contributed by atoms with van der Waals surface area (Å²) >= 11 is 0. The number of hydrogen-bond donors (Lipinski definition) is 2. The zero-order valence-corrected chi connectivity index (χ0v) is 14.2. The van der Waals surface area contributed by atoms with Gasteiger partial charge in [-0.2, -0.15) is 10.2 Å². The van der Waals surface area contributed by atoms with E-state index in [1.54, 1.807) is 11.3 Å². The highest BCUT2D eigenvalue weighted by Gasteiger charge is 2.30. The van der Waals surface area contributed by atoms with Gasteiger partial charge in [0.05, 0.1) is 11.9 Å². The minimum atomic E-state index is -0.420. The molecular weight excluding hydrogens is 320 g/mol. The maximum atomic E-state index is 11.8. The van der Waals surface area contributed by atoms with Crippen molar-refractivity contribution in [3.8, 4) is 0 Å². The molecule has 0 saturated carbocycles. The SMILES string of the molecule is CC(C)NC(=O)ON1CCC(c2nncc3cnc4[nH]ccc4c23)C1. The number of carbonyl (C=O) groups is 1. The van der Waals surface area contributed by atoms with Crippen molar-refractivity contribution >= 4 is 27.9 Å². The molecule has 0 spiro atoms. The Kier molecular flexibility index (Phi) is 3.96. The van der Waals surface area contributed by atoms with Gasteiger partial charge in [0.15, 0.2) is 0 Å². The van der Waals surface area contributed by atoms with Crippen molar-refractivity contribution in [3.63, 3.8) is 0 Å². The minimum absolute atomic E-state index is 0.0456. The van der Waals surface area contributed by atoms with Crippen molar-refractivity contribution < 1.29 is 9.63 Å². The average Bonchev–Trinajstić information content (AvgIpc) is 3.22. The van der Waals surface area contributed by atoms with Gasteiger partial charge in [-0.25, -0.2) is 9.78 Å². The van der Waals surface area contributed by atoms with Crippen LogP contribution < -0.4 is 5.32 Å². The standard InChI is InChI=1S/C17H20N6O2/c1-10(2)21-17(24)25-23-6-4-11(9-23)15-14-12(8-20-22-15)7-19-16-13(14)3-5-18-16/h3,5,7-8,10-11H,4,6,9H2,1-2H3,(H,18,19)(H,21,24). The topological polar surface area (TPSA) is 96.0 Å². The van der Waals surface area contributed by atoms with Crippen LogP contribution in [0.3, 0.4) is 0 Å². The van der Waals surface area contributed by atoms with E-state index in [1.165, 1.54) is 0 Å². The van der Waals surface area contributed by atoms with E-state index in [9.17, 15) is 4.79 Å². The third-order valence-corrected chi connectivity index (χ3v) is 4.39. The van der Waals surface area contributed by atoms with Crippen LogP contribution in [0.1, 0.15) is 31.9 Å². The molecule has 1 aliphatic rings. The van der Waals surface area contributed by atoms with Crippen LogP contribution in [0.4, 0.5) is 4.79 Å². The molecule has 8 heteroatoms. The maximum absolute atomic E-state index is 11.8. The summed E-state index contributed by atoms with van der Waals surface area (Å²) in [6, 6.07) is 2.05. The Balaban J connectivity index is 1.60. The average molecular weight is 340 g/mol. The number of aromatic nitrogens is 4. The smallest absolute Gasteiger partial charge is 0.351 e. The zero-order valence-electron chi connectivity index (χ0n) is 14.2. The first-order valence-corrected chi connectivity index (χ1v) is 8.42. The molecule has 1 aliphatic heterocycles. The van der Waals surface area contributed by atoms with Gasteiger partial charge in [-0.05, 0) is 26.3 Å². The lowest BCUT2D eigenvalue weighted by molar-refractivity contribution is -0.0821. The molecule has 3 aromatic rings. The minimum Gasteiger partial charge on any atom is -0.351 e.